The largest absolute Gasteiger partial charge is 0.342 e. The van der Waals surface area contributed by atoms with E-state index in [4.69, 9.17) is 11.6 Å². The first kappa shape index (κ1) is 11.5. The molecule has 0 radical (unpaired) electrons. The molecule has 1 amide bonds. The minimum absolute atomic E-state index is 0.217. The molecule has 16 heavy (non-hydrogen) atoms. The molecule has 1 fully saturated rings. The summed E-state index contributed by atoms with van der Waals surface area (Å²) < 4.78 is 0. The highest BCUT2D eigenvalue weighted by Crippen LogP contribution is 2.44. The summed E-state index contributed by atoms with van der Waals surface area (Å²) in [5.41, 5.74) is 1.24. The molecule has 2 unspecified atom stereocenters. The third-order valence-corrected chi connectivity index (χ3v) is 3.46. The maximum atomic E-state index is 11.5. The standard InChI is InChI=1S/C13H16ClNO/c1-3-13(16)15(2)12-8-11(12)9-5-4-6-10(14)7-9/h4-7,11-12H,3,8H2,1-2H3. The third kappa shape index (κ3) is 2.22. The van der Waals surface area contributed by atoms with Crippen LogP contribution in [-0.2, 0) is 4.79 Å². The molecule has 2 rings (SSSR count). The number of halogens is 1. The lowest BCUT2D eigenvalue weighted by molar-refractivity contribution is -0.130. The number of nitrogens with zero attached hydrogens (tertiary/aromatic N) is 1. The molecule has 1 aliphatic rings. The van der Waals surface area contributed by atoms with Gasteiger partial charge in [-0.1, -0.05) is 30.7 Å². The lowest BCUT2D eigenvalue weighted by Crippen LogP contribution is -2.28. The van der Waals surface area contributed by atoms with Crippen molar-refractivity contribution in [2.75, 3.05) is 7.05 Å². The fraction of sp³-hybridized carbons (Fsp3) is 0.462. The van der Waals surface area contributed by atoms with Crippen molar-refractivity contribution in [3.8, 4) is 0 Å². The molecule has 0 N–H and O–H groups in total. The molecule has 0 aliphatic heterocycles. The van der Waals surface area contributed by atoms with E-state index in [1.807, 2.05) is 37.1 Å². The van der Waals surface area contributed by atoms with Gasteiger partial charge < -0.3 is 4.90 Å². The topological polar surface area (TPSA) is 20.3 Å². The van der Waals surface area contributed by atoms with E-state index < -0.39 is 0 Å². The highest BCUT2D eigenvalue weighted by atomic mass is 35.5. The van der Waals surface area contributed by atoms with E-state index in [1.54, 1.807) is 0 Å². The smallest absolute Gasteiger partial charge is 0.222 e. The van der Waals surface area contributed by atoms with Crippen molar-refractivity contribution in [3.05, 3.63) is 34.9 Å². The van der Waals surface area contributed by atoms with Gasteiger partial charge in [0.25, 0.3) is 0 Å². The van der Waals surface area contributed by atoms with Crippen LogP contribution in [0.25, 0.3) is 0 Å². The molecule has 2 nitrogen and oxygen atoms in total. The van der Waals surface area contributed by atoms with Crippen molar-refractivity contribution < 1.29 is 4.79 Å². The second kappa shape index (κ2) is 4.46. The molecule has 0 aromatic heterocycles. The number of carbonyl (C=O) groups excluding carboxylic acids is 1. The summed E-state index contributed by atoms with van der Waals surface area (Å²) in [5.74, 6) is 0.689. The molecule has 1 aromatic rings. The van der Waals surface area contributed by atoms with Gasteiger partial charge in [0.15, 0.2) is 0 Å². The van der Waals surface area contributed by atoms with Crippen molar-refractivity contribution in [2.45, 2.75) is 31.7 Å². The van der Waals surface area contributed by atoms with Crippen LogP contribution >= 0.6 is 11.6 Å². The Bertz CT molecular complexity index is 405. The molecule has 0 bridgehead atoms. The van der Waals surface area contributed by atoms with E-state index in [0.717, 1.165) is 11.4 Å². The Morgan fingerprint density at radius 1 is 1.56 bits per heavy atom. The molecule has 1 aliphatic carbocycles. The zero-order valence-corrected chi connectivity index (χ0v) is 10.4. The number of hydrogen-bond donors (Lipinski definition) is 0. The second-order valence-corrected chi connectivity index (χ2v) is 4.76. The fourth-order valence-corrected chi connectivity index (χ4v) is 2.34. The van der Waals surface area contributed by atoms with Crippen molar-refractivity contribution in [1.82, 2.24) is 4.90 Å². The van der Waals surface area contributed by atoms with Gasteiger partial charge in [0.1, 0.15) is 0 Å². The van der Waals surface area contributed by atoms with E-state index >= 15 is 0 Å². The number of hydrogen-bond acceptors (Lipinski definition) is 1. The summed E-state index contributed by atoms with van der Waals surface area (Å²) >= 11 is 5.95. The van der Waals surface area contributed by atoms with Gasteiger partial charge in [-0.25, -0.2) is 0 Å². The number of amides is 1. The van der Waals surface area contributed by atoms with Crippen LogP contribution in [0.15, 0.2) is 24.3 Å². The summed E-state index contributed by atoms with van der Waals surface area (Å²) in [5, 5.41) is 0.771. The molecule has 0 heterocycles. The predicted octanol–water partition coefficient (Wildman–Crippen LogP) is 3.06. The molecular weight excluding hydrogens is 222 g/mol. The van der Waals surface area contributed by atoms with Crippen LogP contribution in [0.3, 0.4) is 0 Å². The van der Waals surface area contributed by atoms with E-state index in [-0.39, 0.29) is 5.91 Å². The molecule has 86 valence electrons. The van der Waals surface area contributed by atoms with Crippen molar-refractivity contribution in [3.63, 3.8) is 0 Å². The Kier molecular flexibility index (Phi) is 3.20. The maximum Gasteiger partial charge on any atom is 0.222 e. The van der Waals surface area contributed by atoms with Gasteiger partial charge in [-0.3, -0.25) is 4.79 Å². The normalized spacial score (nSPS) is 22.9. The lowest BCUT2D eigenvalue weighted by atomic mass is 10.1. The molecule has 0 spiro atoms. The van der Waals surface area contributed by atoms with Crippen LogP contribution < -0.4 is 0 Å². The molecule has 1 saturated carbocycles. The van der Waals surface area contributed by atoms with Gasteiger partial charge in [0, 0.05) is 30.5 Å². The average Bonchev–Trinajstić information content (AvgIpc) is 3.07. The van der Waals surface area contributed by atoms with E-state index in [9.17, 15) is 4.79 Å². The van der Waals surface area contributed by atoms with Gasteiger partial charge >= 0.3 is 0 Å². The van der Waals surface area contributed by atoms with Crippen LogP contribution in [0, 0.1) is 0 Å². The van der Waals surface area contributed by atoms with Crippen molar-refractivity contribution in [2.24, 2.45) is 0 Å². The van der Waals surface area contributed by atoms with Gasteiger partial charge in [-0.15, -0.1) is 0 Å². The van der Waals surface area contributed by atoms with Crippen LogP contribution in [0.4, 0.5) is 0 Å². The molecule has 3 heteroatoms. The lowest BCUT2D eigenvalue weighted by Gasteiger charge is -2.16. The Morgan fingerprint density at radius 3 is 2.94 bits per heavy atom. The number of rotatable bonds is 3. The number of benzene rings is 1. The summed E-state index contributed by atoms with van der Waals surface area (Å²) in [6.45, 7) is 1.90. The quantitative estimate of drug-likeness (QED) is 0.791. The van der Waals surface area contributed by atoms with Crippen LogP contribution in [-0.4, -0.2) is 23.9 Å². The minimum atomic E-state index is 0.217. The number of likely N-dealkylation sites (N-methyl/N-ethyl adjacent to an activating group) is 1. The predicted molar refractivity (Wildman–Crippen MR) is 65.7 cm³/mol. The Morgan fingerprint density at radius 2 is 2.31 bits per heavy atom. The highest BCUT2D eigenvalue weighted by Gasteiger charge is 2.42. The Labute approximate surface area is 101 Å². The molecule has 0 saturated heterocycles. The monoisotopic (exact) mass is 237 g/mol. The second-order valence-electron chi connectivity index (χ2n) is 4.32. The first-order chi connectivity index (χ1) is 7.63. The average molecular weight is 238 g/mol. The summed E-state index contributed by atoms with van der Waals surface area (Å²) in [4.78, 5) is 13.4. The molecular formula is C13H16ClNO. The molecule has 1 aromatic carbocycles. The zero-order chi connectivity index (χ0) is 11.7. The zero-order valence-electron chi connectivity index (χ0n) is 9.61. The fourth-order valence-electron chi connectivity index (χ4n) is 2.14. The Balaban J connectivity index is 2.04. The third-order valence-electron chi connectivity index (χ3n) is 3.23. The summed E-state index contributed by atoms with van der Waals surface area (Å²) in [7, 11) is 1.89. The van der Waals surface area contributed by atoms with E-state index in [2.05, 4.69) is 6.07 Å². The van der Waals surface area contributed by atoms with Gasteiger partial charge in [0.2, 0.25) is 5.91 Å². The SMILES string of the molecule is CCC(=O)N(C)C1CC1c1cccc(Cl)c1. The van der Waals surface area contributed by atoms with Crippen LogP contribution in [0.5, 0.6) is 0 Å². The first-order valence-corrected chi connectivity index (χ1v) is 6.02. The van der Waals surface area contributed by atoms with E-state index in [0.29, 0.717) is 18.4 Å². The van der Waals surface area contributed by atoms with Crippen LogP contribution in [0.1, 0.15) is 31.2 Å². The molecule has 2 atom stereocenters. The minimum Gasteiger partial charge on any atom is -0.342 e. The van der Waals surface area contributed by atoms with E-state index in [1.165, 1.54) is 5.56 Å². The summed E-state index contributed by atoms with van der Waals surface area (Å²) in [6, 6.07) is 8.29. The van der Waals surface area contributed by atoms with Gasteiger partial charge in [0.05, 0.1) is 0 Å². The number of carbonyl (C=O) groups is 1. The van der Waals surface area contributed by atoms with Crippen molar-refractivity contribution in [1.29, 1.82) is 0 Å². The Hall–Kier alpha value is -1.02. The van der Waals surface area contributed by atoms with Gasteiger partial charge in [-0.2, -0.15) is 0 Å². The summed E-state index contributed by atoms with van der Waals surface area (Å²) in [6.07, 6.45) is 1.64. The maximum absolute atomic E-state index is 11.5. The van der Waals surface area contributed by atoms with Crippen LogP contribution in [0.2, 0.25) is 5.02 Å². The van der Waals surface area contributed by atoms with Gasteiger partial charge in [-0.05, 0) is 24.1 Å². The first-order valence-electron chi connectivity index (χ1n) is 5.64. The van der Waals surface area contributed by atoms with Crippen molar-refractivity contribution >= 4 is 17.5 Å². The highest BCUT2D eigenvalue weighted by molar-refractivity contribution is 6.30.